The minimum Gasteiger partial charge on any atom is -0.399 e. The SMILES string of the molecule is CC(Cc1ccsc1)n1c(CO)nc2cc(N)ccc21. The summed E-state index contributed by atoms with van der Waals surface area (Å²) in [5.74, 6) is 0.688. The van der Waals surface area contributed by atoms with Crippen LogP contribution in [0.1, 0.15) is 24.4 Å². The summed E-state index contributed by atoms with van der Waals surface area (Å²) in [4.78, 5) is 4.48. The van der Waals surface area contributed by atoms with Gasteiger partial charge in [0.2, 0.25) is 0 Å². The van der Waals surface area contributed by atoms with Crippen molar-refractivity contribution in [2.75, 3.05) is 5.73 Å². The summed E-state index contributed by atoms with van der Waals surface area (Å²) in [6.07, 6.45) is 0.923. The van der Waals surface area contributed by atoms with Crippen LogP contribution >= 0.6 is 11.3 Å². The van der Waals surface area contributed by atoms with E-state index in [2.05, 4.69) is 33.3 Å². The topological polar surface area (TPSA) is 64.1 Å². The molecule has 0 amide bonds. The van der Waals surface area contributed by atoms with E-state index in [4.69, 9.17) is 5.73 Å². The Balaban J connectivity index is 2.04. The Hall–Kier alpha value is -1.85. The number of nitrogens with zero attached hydrogens (tertiary/aromatic N) is 2. The summed E-state index contributed by atoms with van der Waals surface area (Å²) in [5.41, 5.74) is 9.66. The van der Waals surface area contributed by atoms with Gasteiger partial charge >= 0.3 is 0 Å². The first-order chi connectivity index (χ1) is 9.69. The molecule has 0 saturated carbocycles. The van der Waals surface area contributed by atoms with Crippen LogP contribution in [0.2, 0.25) is 0 Å². The van der Waals surface area contributed by atoms with Crippen LogP contribution in [0.4, 0.5) is 5.69 Å². The van der Waals surface area contributed by atoms with Crippen molar-refractivity contribution in [3.05, 3.63) is 46.4 Å². The van der Waals surface area contributed by atoms with Crippen LogP contribution in [0.25, 0.3) is 11.0 Å². The van der Waals surface area contributed by atoms with Gasteiger partial charge in [-0.1, -0.05) is 0 Å². The zero-order valence-electron chi connectivity index (χ0n) is 11.3. The van der Waals surface area contributed by atoms with E-state index in [1.807, 2.05) is 18.2 Å². The molecule has 0 spiro atoms. The maximum Gasteiger partial charge on any atom is 0.135 e. The minimum absolute atomic E-state index is 0.0669. The highest BCUT2D eigenvalue weighted by Gasteiger charge is 2.16. The van der Waals surface area contributed by atoms with Gasteiger partial charge in [0.05, 0.1) is 11.0 Å². The number of rotatable bonds is 4. The number of nitrogen functional groups attached to an aromatic ring is 1. The van der Waals surface area contributed by atoms with E-state index in [1.54, 1.807) is 11.3 Å². The fourth-order valence-corrected chi connectivity index (χ4v) is 3.29. The third-order valence-corrected chi connectivity index (χ3v) is 4.21. The monoisotopic (exact) mass is 287 g/mol. The fraction of sp³-hybridized carbons (Fsp3) is 0.267. The van der Waals surface area contributed by atoms with Gasteiger partial charge in [-0.15, -0.1) is 0 Å². The number of aromatic nitrogens is 2. The van der Waals surface area contributed by atoms with E-state index in [9.17, 15) is 5.11 Å². The number of aliphatic hydroxyl groups is 1. The molecule has 20 heavy (non-hydrogen) atoms. The average molecular weight is 287 g/mol. The number of imidazole rings is 1. The molecule has 3 rings (SSSR count). The van der Waals surface area contributed by atoms with Crippen molar-refractivity contribution < 1.29 is 5.11 Å². The Labute approximate surface area is 121 Å². The molecule has 0 aliphatic heterocycles. The van der Waals surface area contributed by atoms with Crippen molar-refractivity contribution >= 4 is 28.1 Å². The van der Waals surface area contributed by atoms with Gasteiger partial charge in [0.15, 0.2) is 0 Å². The zero-order chi connectivity index (χ0) is 14.1. The van der Waals surface area contributed by atoms with Crippen molar-refractivity contribution in [3.63, 3.8) is 0 Å². The maximum absolute atomic E-state index is 9.55. The van der Waals surface area contributed by atoms with E-state index in [0.717, 1.165) is 17.5 Å². The molecule has 4 nitrogen and oxygen atoms in total. The lowest BCUT2D eigenvalue weighted by Crippen LogP contribution is -2.11. The van der Waals surface area contributed by atoms with Gasteiger partial charge in [0, 0.05) is 11.7 Å². The zero-order valence-corrected chi connectivity index (χ0v) is 12.1. The molecule has 2 heterocycles. The van der Waals surface area contributed by atoms with Crippen molar-refractivity contribution in [1.29, 1.82) is 0 Å². The molecular weight excluding hydrogens is 270 g/mol. The van der Waals surface area contributed by atoms with Gasteiger partial charge in [-0.05, 0) is 53.9 Å². The van der Waals surface area contributed by atoms with E-state index >= 15 is 0 Å². The lowest BCUT2D eigenvalue weighted by molar-refractivity contribution is 0.262. The Morgan fingerprint density at radius 2 is 2.25 bits per heavy atom. The van der Waals surface area contributed by atoms with Crippen LogP contribution in [0.15, 0.2) is 35.0 Å². The second kappa shape index (κ2) is 5.26. The summed E-state index contributed by atoms with van der Waals surface area (Å²) in [6, 6.07) is 8.07. The van der Waals surface area contributed by atoms with Crippen molar-refractivity contribution in [2.45, 2.75) is 26.0 Å². The third kappa shape index (κ3) is 2.30. The number of fused-ring (bicyclic) bond motifs is 1. The molecule has 1 unspecified atom stereocenters. The summed E-state index contributed by atoms with van der Waals surface area (Å²) in [7, 11) is 0. The molecular formula is C15H17N3OS. The summed E-state index contributed by atoms with van der Waals surface area (Å²) >= 11 is 1.70. The molecule has 0 aliphatic rings. The normalized spacial score (nSPS) is 12.9. The van der Waals surface area contributed by atoms with Gasteiger partial charge in [-0.3, -0.25) is 0 Å². The molecule has 0 fully saturated rings. The molecule has 0 bridgehead atoms. The molecule has 1 aromatic carbocycles. The number of aliphatic hydroxyl groups excluding tert-OH is 1. The van der Waals surface area contributed by atoms with Crippen LogP contribution in [0, 0.1) is 0 Å². The maximum atomic E-state index is 9.55. The smallest absolute Gasteiger partial charge is 0.135 e. The van der Waals surface area contributed by atoms with E-state index in [-0.39, 0.29) is 12.6 Å². The molecule has 1 atom stereocenters. The van der Waals surface area contributed by atoms with Crippen molar-refractivity contribution in [1.82, 2.24) is 9.55 Å². The molecule has 2 aromatic heterocycles. The van der Waals surface area contributed by atoms with Crippen LogP contribution in [-0.4, -0.2) is 14.7 Å². The predicted molar refractivity (Wildman–Crippen MR) is 82.8 cm³/mol. The van der Waals surface area contributed by atoms with Crippen LogP contribution in [0.3, 0.4) is 0 Å². The predicted octanol–water partition coefficient (Wildman–Crippen LogP) is 2.98. The molecule has 104 valence electrons. The van der Waals surface area contributed by atoms with E-state index in [0.29, 0.717) is 11.5 Å². The first kappa shape index (κ1) is 13.1. The molecule has 0 aliphatic carbocycles. The standard InChI is InChI=1S/C15H17N3OS/c1-10(6-11-4-5-20-9-11)18-14-3-2-12(16)7-13(14)17-15(18)8-19/h2-5,7,9-10,19H,6,8,16H2,1H3. The fourth-order valence-electron chi connectivity index (χ4n) is 2.61. The molecule has 3 aromatic rings. The van der Waals surface area contributed by atoms with Crippen LogP contribution < -0.4 is 5.73 Å². The minimum atomic E-state index is -0.0669. The average Bonchev–Trinajstić information content (AvgIpc) is 3.04. The number of anilines is 1. The Morgan fingerprint density at radius 3 is 2.95 bits per heavy atom. The van der Waals surface area contributed by atoms with Gasteiger partial charge in [-0.2, -0.15) is 11.3 Å². The Kier molecular flexibility index (Phi) is 3.46. The number of benzene rings is 1. The second-order valence-electron chi connectivity index (χ2n) is 4.99. The van der Waals surface area contributed by atoms with Crippen LogP contribution in [0.5, 0.6) is 0 Å². The highest BCUT2D eigenvalue weighted by Crippen LogP contribution is 2.25. The van der Waals surface area contributed by atoms with E-state index < -0.39 is 0 Å². The number of hydrogen-bond acceptors (Lipinski definition) is 4. The molecule has 0 radical (unpaired) electrons. The summed E-state index contributed by atoms with van der Waals surface area (Å²) < 4.78 is 2.10. The first-order valence-electron chi connectivity index (χ1n) is 6.57. The first-order valence-corrected chi connectivity index (χ1v) is 7.51. The van der Waals surface area contributed by atoms with Crippen molar-refractivity contribution in [3.8, 4) is 0 Å². The van der Waals surface area contributed by atoms with Gasteiger partial charge in [0.25, 0.3) is 0 Å². The largest absolute Gasteiger partial charge is 0.399 e. The van der Waals surface area contributed by atoms with Gasteiger partial charge < -0.3 is 15.4 Å². The van der Waals surface area contributed by atoms with E-state index in [1.165, 1.54) is 5.56 Å². The summed E-state index contributed by atoms with van der Waals surface area (Å²) in [5, 5.41) is 13.8. The van der Waals surface area contributed by atoms with Crippen LogP contribution in [-0.2, 0) is 13.0 Å². The Bertz CT molecular complexity index is 718. The summed E-state index contributed by atoms with van der Waals surface area (Å²) in [6.45, 7) is 2.08. The van der Waals surface area contributed by atoms with Gasteiger partial charge in [-0.25, -0.2) is 4.98 Å². The molecule has 5 heteroatoms. The molecule has 0 saturated heterocycles. The number of nitrogens with two attached hydrogens (primary N) is 1. The lowest BCUT2D eigenvalue weighted by Gasteiger charge is -2.16. The second-order valence-corrected chi connectivity index (χ2v) is 5.77. The van der Waals surface area contributed by atoms with Crippen molar-refractivity contribution in [2.24, 2.45) is 0 Å². The number of thiophene rings is 1. The third-order valence-electron chi connectivity index (χ3n) is 3.48. The highest BCUT2D eigenvalue weighted by atomic mass is 32.1. The lowest BCUT2D eigenvalue weighted by atomic mass is 10.1. The van der Waals surface area contributed by atoms with Gasteiger partial charge in [0.1, 0.15) is 12.4 Å². The Morgan fingerprint density at radius 1 is 1.40 bits per heavy atom. The highest BCUT2D eigenvalue weighted by molar-refractivity contribution is 7.07. The molecule has 3 N–H and O–H groups in total. The quantitative estimate of drug-likeness (QED) is 0.725. The number of hydrogen-bond donors (Lipinski definition) is 2.